The van der Waals surface area contributed by atoms with Crippen molar-refractivity contribution in [3.63, 3.8) is 0 Å². The predicted octanol–water partition coefficient (Wildman–Crippen LogP) is 8.97. The molecule has 0 spiro atoms. The second-order valence-corrected chi connectivity index (χ2v) is 10.9. The van der Waals surface area contributed by atoms with Crippen molar-refractivity contribution in [2.45, 2.75) is 90.2 Å². The number of hydrogen-bond donors (Lipinski definition) is 2. The molecular formula is C28H46OS2. The fourth-order valence-corrected chi connectivity index (χ4v) is 3.85. The van der Waals surface area contributed by atoms with Crippen LogP contribution in [0.15, 0.2) is 53.4 Å². The van der Waals surface area contributed by atoms with Crippen molar-refractivity contribution < 1.29 is 4.74 Å². The van der Waals surface area contributed by atoms with Gasteiger partial charge in [-0.15, -0.1) is 12.6 Å². The third kappa shape index (κ3) is 12.1. The first kappa shape index (κ1) is 30.1. The molecule has 2 rings (SSSR count). The maximum absolute atomic E-state index is 5.03. The predicted molar refractivity (Wildman–Crippen MR) is 146 cm³/mol. The summed E-state index contributed by atoms with van der Waals surface area (Å²) in [5.41, 5.74) is 4.40. The average Bonchev–Trinajstić information content (AvgIpc) is 2.71. The van der Waals surface area contributed by atoms with Gasteiger partial charge in [-0.2, -0.15) is 12.6 Å². The van der Waals surface area contributed by atoms with Crippen molar-refractivity contribution in [3.8, 4) is 0 Å². The highest BCUT2D eigenvalue weighted by Gasteiger charge is 2.24. The Morgan fingerprint density at radius 3 is 1.77 bits per heavy atom. The molecule has 2 aromatic rings. The molecule has 1 unspecified atom stereocenters. The van der Waals surface area contributed by atoms with Crippen molar-refractivity contribution in [1.29, 1.82) is 0 Å². The van der Waals surface area contributed by atoms with E-state index in [4.69, 9.17) is 4.74 Å². The molecule has 0 aliphatic heterocycles. The third-order valence-electron chi connectivity index (χ3n) is 5.22. The van der Waals surface area contributed by atoms with Crippen LogP contribution in [-0.2, 0) is 15.9 Å². The van der Waals surface area contributed by atoms with Crippen LogP contribution in [0.5, 0.6) is 0 Å². The smallest absolute Gasteiger partial charge is 0.0465 e. The van der Waals surface area contributed by atoms with Gasteiger partial charge < -0.3 is 4.74 Å². The van der Waals surface area contributed by atoms with Gasteiger partial charge in [-0.05, 0) is 73.3 Å². The molecule has 0 saturated heterocycles. The minimum Gasteiger partial charge on any atom is -0.385 e. The molecule has 3 heteroatoms. The summed E-state index contributed by atoms with van der Waals surface area (Å²) in [4.78, 5) is 1.04. The number of rotatable bonds is 7. The van der Waals surface area contributed by atoms with Gasteiger partial charge in [0.2, 0.25) is 0 Å². The van der Waals surface area contributed by atoms with Crippen LogP contribution in [0.2, 0.25) is 0 Å². The lowest BCUT2D eigenvalue weighted by Gasteiger charge is -2.30. The standard InChI is InChI=1S/C13H20OS.C13H20S.C2H6/c1-13(2,15)12-8-6-11(7-9-12)5-4-10-14-3;1-5-12(13(2,3)4)10-6-8-11(14)9-7-10;1-2/h6-9,15H,4-5,10H2,1-3H3;6-9,12,14H,5H2,1-4H3;1-2H3. The molecule has 1 nitrogen and oxygen atoms in total. The van der Waals surface area contributed by atoms with Gasteiger partial charge in [0.1, 0.15) is 0 Å². The largest absolute Gasteiger partial charge is 0.385 e. The third-order valence-corrected chi connectivity index (χ3v) is 5.78. The summed E-state index contributed by atoms with van der Waals surface area (Å²) in [6.07, 6.45) is 3.36. The van der Waals surface area contributed by atoms with Crippen LogP contribution < -0.4 is 0 Å². The molecule has 0 aliphatic carbocycles. The van der Waals surface area contributed by atoms with Gasteiger partial charge in [-0.1, -0.05) is 77.9 Å². The van der Waals surface area contributed by atoms with E-state index in [0.717, 1.165) is 24.3 Å². The van der Waals surface area contributed by atoms with E-state index in [-0.39, 0.29) is 4.75 Å². The van der Waals surface area contributed by atoms with E-state index in [9.17, 15) is 0 Å². The van der Waals surface area contributed by atoms with Crippen molar-refractivity contribution in [2.75, 3.05) is 13.7 Å². The maximum atomic E-state index is 5.03. The Kier molecular flexibility index (Phi) is 14.6. The van der Waals surface area contributed by atoms with Gasteiger partial charge in [0.25, 0.3) is 0 Å². The van der Waals surface area contributed by atoms with E-state index in [1.807, 2.05) is 13.8 Å². The summed E-state index contributed by atoms with van der Waals surface area (Å²) in [6, 6.07) is 17.2. The van der Waals surface area contributed by atoms with Crippen molar-refractivity contribution in [3.05, 3.63) is 65.2 Å². The average molecular weight is 463 g/mol. The lowest BCUT2D eigenvalue weighted by atomic mass is 9.75. The van der Waals surface area contributed by atoms with Crippen LogP contribution in [0.1, 0.15) is 90.8 Å². The molecule has 1 atom stereocenters. The Morgan fingerprint density at radius 1 is 0.871 bits per heavy atom. The van der Waals surface area contributed by atoms with Crippen LogP contribution in [-0.4, -0.2) is 13.7 Å². The van der Waals surface area contributed by atoms with Gasteiger partial charge in [-0.3, -0.25) is 0 Å². The van der Waals surface area contributed by atoms with Gasteiger partial charge in [0, 0.05) is 23.4 Å². The summed E-state index contributed by atoms with van der Waals surface area (Å²) in [5, 5.41) is 0. The fraction of sp³-hybridized carbons (Fsp3) is 0.571. The van der Waals surface area contributed by atoms with Crippen molar-refractivity contribution in [1.82, 2.24) is 0 Å². The molecule has 31 heavy (non-hydrogen) atoms. The molecule has 0 heterocycles. The first-order chi connectivity index (χ1) is 14.5. The van der Waals surface area contributed by atoms with Gasteiger partial charge in [-0.25, -0.2) is 0 Å². The molecule has 0 aliphatic rings. The Labute approximate surface area is 204 Å². The van der Waals surface area contributed by atoms with Crippen molar-refractivity contribution in [2.24, 2.45) is 5.41 Å². The number of aryl methyl sites for hydroxylation is 1. The normalized spacial score (nSPS) is 12.2. The van der Waals surface area contributed by atoms with Gasteiger partial charge >= 0.3 is 0 Å². The van der Waals surface area contributed by atoms with Crippen LogP contribution in [0.4, 0.5) is 0 Å². The Morgan fingerprint density at radius 2 is 1.39 bits per heavy atom. The molecule has 0 radical (unpaired) electrons. The highest BCUT2D eigenvalue weighted by molar-refractivity contribution is 7.81. The van der Waals surface area contributed by atoms with Crippen LogP contribution in [0.25, 0.3) is 0 Å². The SMILES string of the molecule is CC.CCC(c1ccc(S)cc1)C(C)(C)C.COCCCc1ccc(C(C)(C)S)cc1. The monoisotopic (exact) mass is 462 g/mol. The minimum atomic E-state index is -0.0505. The van der Waals surface area contributed by atoms with E-state index in [0.29, 0.717) is 11.3 Å². The number of thiol groups is 2. The zero-order valence-electron chi connectivity index (χ0n) is 21.3. The van der Waals surface area contributed by atoms with Gasteiger partial charge in [0.05, 0.1) is 0 Å². The molecular weight excluding hydrogens is 416 g/mol. The summed E-state index contributed by atoms with van der Waals surface area (Å²) >= 11 is 8.85. The highest BCUT2D eigenvalue weighted by atomic mass is 32.1. The Hall–Kier alpha value is -0.900. The number of benzene rings is 2. The molecule has 176 valence electrons. The summed E-state index contributed by atoms with van der Waals surface area (Å²) in [6.45, 7) is 18.2. The van der Waals surface area contributed by atoms with E-state index >= 15 is 0 Å². The Bertz CT molecular complexity index is 692. The first-order valence-electron chi connectivity index (χ1n) is 11.6. The van der Waals surface area contributed by atoms with Gasteiger partial charge in [0.15, 0.2) is 0 Å². The highest BCUT2D eigenvalue weighted by Crippen LogP contribution is 2.37. The van der Waals surface area contributed by atoms with E-state index in [2.05, 4.69) is 115 Å². The molecule has 0 saturated carbocycles. The zero-order valence-corrected chi connectivity index (χ0v) is 23.1. The molecule has 0 N–H and O–H groups in total. The quantitative estimate of drug-likeness (QED) is 0.308. The molecule has 0 amide bonds. The minimum absolute atomic E-state index is 0.0505. The van der Waals surface area contributed by atoms with Crippen LogP contribution >= 0.6 is 25.3 Å². The molecule has 0 fully saturated rings. The summed E-state index contributed by atoms with van der Waals surface area (Å²) in [5.74, 6) is 0.636. The second-order valence-electron chi connectivity index (χ2n) is 9.27. The molecule has 0 bridgehead atoms. The summed E-state index contributed by atoms with van der Waals surface area (Å²) in [7, 11) is 1.74. The summed E-state index contributed by atoms with van der Waals surface area (Å²) < 4.78 is 4.98. The lowest BCUT2D eigenvalue weighted by Crippen LogP contribution is -2.17. The maximum Gasteiger partial charge on any atom is 0.0465 e. The lowest BCUT2D eigenvalue weighted by molar-refractivity contribution is 0.195. The van der Waals surface area contributed by atoms with E-state index < -0.39 is 0 Å². The number of hydrogen-bond acceptors (Lipinski definition) is 3. The fourth-order valence-electron chi connectivity index (χ4n) is 3.55. The van der Waals surface area contributed by atoms with Crippen LogP contribution in [0.3, 0.4) is 0 Å². The second kappa shape index (κ2) is 15.0. The molecule has 2 aromatic carbocycles. The number of ether oxygens (including phenoxy) is 1. The first-order valence-corrected chi connectivity index (χ1v) is 12.5. The number of methoxy groups -OCH3 is 1. The molecule has 0 aromatic heterocycles. The van der Waals surface area contributed by atoms with E-state index in [1.54, 1.807) is 7.11 Å². The van der Waals surface area contributed by atoms with Crippen molar-refractivity contribution >= 4 is 25.3 Å². The van der Waals surface area contributed by atoms with E-state index in [1.165, 1.54) is 23.1 Å². The zero-order chi connectivity index (χ0) is 24.1. The topological polar surface area (TPSA) is 9.23 Å². The Balaban J connectivity index is 0.000000539. The van der Waals surface area contributed by atoms with Crippen LogP contribution in [0, 0.1) is 5.41 Å².